The van der Waals surface area contributed by atoms with Gasteiger partial charge in [0, 0.05) is 36.4 Å². The molecule has 1 aromatic heterocycles. The Kier molecular flexibility index (Phi) is 4.28. The summed E-state index contributed by atoms with van der Waals surface area (Å²) < 4.78 is 4.69. The summed E-state index contributed by atoms with van der Waals surface area (Å²) in [6.07, 6.45) is 2.58. The zero-order valence-electron chi connectivity index (χ0n) is 16.0. The minimum absolute atomic E-state index is 0.321. The largest absolute Gasteiger partial charge is 0.380 e. The third kappa shape index (κ3) is 3.14. The van der Waals surface area contributed by atoms with Crippen LogP contribution < -0.4 is 11.1 Å². The molecule has 5 rings (SSSR count). The van der Waals surface area contributed by atoms with Crippen molar-refractivity contribution >= 4 is 11.5 Å². The predicted molar refractivity (Wildman–Crippen MR) is 110 cm³/mol. The molecule has 1 aliphatic carbocycles. The van der Waals surface area contributed by atoms with Gasteiger partial charge < -0.3 is 11.1 Å². The smallest absolute Gasteiger partial charge is 0.196 e. The highest BCUT2D eigenvalue weighted by atomic mass is 16.6. The molecule has 6 nitrogen and oxygen atoms in total. The van der Waals surface area contributed by atoms with Crippen LogP contribution in [-0.4, -0.2) is 33.8 Å². The Morgan fingerprint density at radius 2 is 1.86 bits per heavy atom. The van der Waals surface area contributed by atoms with Crippen LogP contribution in [0.2, 0.25) is 0 Å². The number of likely N-dealkylation sites (tertiary alicyclic amines) is 1. The van der Waals surface area contributed by atoms with Crippen molar-refractivity contribution in [2.24, 2.45) is 5.92 Å². The Balaban J connectivity index is 1.27. The molecule has 0 spiro atoms. The lowest BCUT2D eigenvalue weighted by Gasteiger charge is -2.27. The Morgan fingerprint density at radius 3 is 2.57 bits per heavy atom. The molecule has 6 heteroatoms. The lowest BCUT2D eigenvalue weighted by molar-refractivity contribution is 0.204. The highest BCUT2D eigenvalue weighted by molar-refractivity contribution is 5.70. The number of nitrogens with zero attached hydrogens (tertiary/aromatic N) is 3. The Morgan fingerprint density at radius 1 is 1.07 bits per heavy atom. The maximum Gasteiger partial charge on any atom is 0.196 e. The summed E-state index contributed by atoms with van der Waals surface area (Å²) in [5.74, 6) is 1.03. The van der Waals surface area contributed by atoms with Gasteiger partial charge in [-0.25, -0.2) is 4.63 Å². The normalized spacial score (nSPS) is 24.0. The van der Waals surface area contributed by atoms with E-state index in [4.69, 9.17) is 10.4 Å². The second-order valence-electron chi connectivity index (χ2n) is 8.07. The van der Waals surface area contributed by atoms with Crippen LogP contribution >= 0.6 is 0 Å². The molecule has 3 unspecified atom stereocenters. The van der Waals surface area contributed by atoms with Crippen LogP contribution in [0, 0.1) is 12.8 Å². The number of anilines is 2. The average Bonchev–Trinajstić information content (AvgIpc) is 3.39. The number of aromatic nitrogens is 2. The van der Waals surface area contributed by atoms with Crippen molar-refractivity contribution in [1.29, 1.82) is 0 Å². The van der Waals surface area contributed by atoms with Gasteiger partial charge in [0.2, 0.25) is 0 Å². The van der Waals surface area contributed by atoms with E-state index in [1.165, 1.54) is 30.5 Å². The third-order valence-corrected chi connectivity index (χ3v) is 6.21. The molecule has 0 amide bonds. The van der Waals surface area contributed by atoms with Crippen molar-refractivity contribution in [3.05, 3.63) is 59.7 Å². The zero-order chi connectivity index (χ0) is 19.1. The zero-order valence-corrected chi connectivity index (χ0v) is 16.0. The molecule has 1 saturated carbocycles. The van der Waals surface area contributed by atoms with E-state index < -0.39 is 0 Å². The fraction of sp³-hybridized carbons (Fsp3) is 0.364. The van der Waals surface area contributed by atoms with Gasteiger partial charge in [-0.3, -0.25) is 4.90 Å². The maximum absolute atomic E-state index is 5.79. The topological polar surface area (TPSA) is 80.2 Å². The molecule has 2 aliphatic rings. The number of rotatable bonds is 5. The standard InChI is InChI=1S/C22H25N5O/c1-14-2-4-15(5-3-14)12-27-13-17-8-11-19(27)20(17)24-18-9-6-16(7-10-18)21-22(23)26-28-25-21/h2-7,9-10,17,19-20,24H,8,11-13H2,1H3,(H2,23,26). The van der Waals surface area contributed by atoms with E-state index in [1.54, 1.807) is 0 Å². The molecule has 2 aromatic carbocycles. The number of aryl methyl sites for hydroxylation is 1. The summed E-state index contributed by atoms with van der Waals surface area (Å²) in [5.41, 5.74) is 11.2. The van der Waals surface area contributed by atoms with E-state index in [0.717, 1.165) is 17.8 Å². The Hall–Kier alpha value is -2.86. The second kappa shape index (κ2) is 6.95. The van der Waals surface area contributed by atoms with Crippen LogP contribution in [0.4, 0.5) is 11.5 Å². The van der Waals surface area contributed by atoms with Crippen LogP contribution in [0.15, 0.2) is 53.2 Å². The van der Waals surface area contributed by atoms with Crippen molar-refractivity contribution in [1.82, 2.24) is 15.2 Å². The lowest BCUT2D eigenvalue weighted by Crippen LogP contribution is -2.36. The number of hydrogen-bond acceptors (Lipinski definition) is 6. The average molecular weight is 375 g/mol. The van der Waals surface area contributed by atoms with Crippen LogP contribution in [0.25, 0.3) is 11.3 Å². The molecular weight excluding hydrogens is 350 g/mol. The van der Waals surface area contributed by atoms with Crippen LogP contribution in [-0.2, 0) is 6.54 Å². The van der Waals surface area contributed by atoms with Crippen LogP contribution in [0.5, 0.6) is 0 Å². The number of piperidine rings is 1. The van der Waals surface area contributed by atoms with E-state index >= 15 is 0 Å². The first-order chi connectivity index (χ1) is 13.7. The van der Waals surface area contributed by atoms with Crippen LogP contribution in [0.1, 0.15) is 24.0 Å². The molecule has 3 N–H and O–H groups in total. The fourth-order valence-corrected chi connectivity index (χ4v) is 4.75. The van der Waals surface area contributed by atoms with Crippen molar-refractivity contribution < 1.29 is 4.63 Å². The van der Waals surface area contributed by atoms with Gasteiger partial charge in [0.1, 0.15) is 0 Å². The number of nitrogens with two attached hydrogens (primary N) is 1. The summed E-state index contributed by atoms with van der Waals surface area (Å²) in [6.45, 7) is 4.35. The first-order valence-electron chi connectivity index (χ1n) is 9.92. The monoisotopic (exact) mass is 375 g/mol. The number of benzene rings is 2. The fourth-order valence-electron chi connectivity index (χ4n) is 4.75. The van der Waals surface area contributed by atoms with E-state index in [1.807, 2.05) is 12.1 Å². The molecule has 1 saturated heterocycles. The Labute approximate surface area is 164 Å². The molecule has 144 valence electrons. The molecule has 2 bridgehead atoms. The van der Waals surface area contributed by atoms with Crippen LogP contribution in [0.3, 0.4) is 0 Å². The second-order valence-corrected chi connectivity index (χ2v) is 8.07. The highest BCUT2D eigenvalue weighted by Gasteiger charge is 2.46. The lowest BCUT2D eigenvalue weighted by atomic mass is 10.1. The van der Waals surface area contributed by atoms with Gasteiger partial charge in [0.15, 0.2) is 11.5 Å². The highest BCUT2D eigenvalue weighted by Crippen LogP contribution is 2.40. The molecule has 0 radical (unpaired) electrons. The maximum atomic E-state index is 5.79. The number of nitrogen functional groups attached to an aromatic ring is 1. The van der Waals surface area contributed by atoms with E-state index in [0.29, 0.717) is 29.5 Å². The molecule has 2 heterocycles. The predicted octanol–water partition coefficient (Wildman–Crippen LogP) is 3.70. The van der Waals surface area contributed by atoms with Gasteiger partial charge in [-0.15, -0.1) is 0 Å². The minimum atomic E-state index is 0.321. The number of hydrogen-bond donors (Lipinski definition) is 2. The number of fused-ring (bicyclic) bond motifs is 2. The van der Waals surface area contributed by atoms with Crippen molar-refractivity contribution in [2.45, 2.75) is 38.4 Å². The first-order valence-corrected chi connectivity index (χ1v) is 9.92. The summed E-state index contributed by atoms with van der Waals surface area (Å²) in [4.78, 5) is 2.65. The molecule has 2 fully saturated rings. The summed E-state index contributed by atoms with van der Waals surface area (Å²) in [7, 11) is 0. The van der Waals surface area contributed by atoms with Gasteiger partial charge in [-0.05, 0) is 53.7 Å². The molecule has 1 aliphatic heterocycles. The minimum Gasteiger partial charge on any atom is -0.380 e. The summed E-state index contributed by atoms with van der Waals surface area (Å²) in [6, 6.07) is 18.2. The molecule has 3 atom stereocenters. The third-order valence-electron chi connectivity index (χ3n) is 6.21. The Bertz CT molecular complexity index is 950. The molecule has 28 heavy (non-hydrogen) atoms. The van der Waals surface area contributed by atoms with Gasteiger partial charge in [0.25, 0.3) is 0 Å². The SMILES string of the molecule is Cc1ccc(CN2CC3CCC2C3Nc2ccc(-c3nonc3N)cc2)cc1. The molecule has 3 aromatic rings. The van der Waals surface area contributed by atoms with Gasteiger partial charge >= 0.3 is 0 Å². The van der Waals surface area contributed by atoms with Crippen molar-refractivity contribution in [3.8, 4) is 11.3 Å². The van der Waals surface area contributed by atoms with Gasteiger partial charge in [-0.2, -0.15) is 0 Å². The quantitative estimate of drug-likeness (QED) is 0.708. The van der Waals surface area contributed by atoms with E-state index in [-0.39, 0.29) is 0 Å². The summed E-state index contributed by atoms with van der Waals surface area (Å²) >= 11 is 0. The molecular formula is C22H25N5O. The van der Waals surface area contributed by atoms with E-state index in [2.05, 4.69) is 63.9 Å². The van der Waals surface area contributed by atoms with E-state index in [9.17, 15) is 0 Å². The van der Waals surface area contributed by atoms with Gasteiger partial charge in [0.05, 0.1) is 0 Å². The summed E-state index contributed by atoms with van der Waals surface area (Å²) in [5, 5.41) is 11.3. The van der Waals surface area contributed by atoms with Gasteiger partial charge in [-0.1, -0.05) is 42.0 Å². The number of nitrogens with one attached hydrogen (secondary N) is 1. The van der Waals surface area contributed by atoms with Crippen molar-refractivity contribution in [3.63, 3.8) is 0 Å². The first kappa shape index (κ1) is 17.3. The van der Waals surface area contributed by atoms with Crippen molar-refractivity contribution in [2.75, 3.05) is 17.6 Å².